The lowest BCUT2D eigenvalue weighted by Gasteiger charge is -2.13. The van der Waals surface area contributed by atoms with E-state index in [-0.39, 0.29) is 0 Å². The van der Waals surface area contributed by atoms with Crippen molar-refractivity contribution in [1.82, 2.24) is 10.3 Å². The van der Waals surface area contributed by atoms with E-state index in [0.29, 0.717) is 6.61 Å². The summed E-state index contributed by atoms with van der Waals surface area (Å²) in [5, 5.41) is 4.12. The smallest absolute Gasteiger partial charge is 0.125 e. The molecule has 2 rings (SSSR count). The van der Waals surface area contributed by atoms with Gasteiger partial charge in [0, 0.05) is 35.9 Å². The van der Waals surface area contributed by atoms with Crippen LogP contribution in [0.4, 0.5) is 0 Å². The van der Waals surface area contributed by atoms with Crippen molar-refractivity contribution in [2.45, 2.75) is 26.3 Å². The van der Waals surface area contributed by atoms with Crippen LogP contribution in [0.5, 0.6) is 5.75 Å². The van der Waals surface area contributed by atoms with Crippen LogP contribution in [0.15, 0.2) is 42.7 Å². The van der Waals surface area contributed by atoms with Crippen LogP contribution in [0.1, 0.15) is 24.5 Å². The molecule has 2 aromatic rings. The Hall–Kier alpha value is -1.58. The van der Waals surface area contributed by atoms with Gasteiger partial charge in [-0.15, -0.1) is 0 Å². The van der Waals surface area contributed by atoms with Crippen molar-refractivity contribution in [2.75, 3.05) is 13.2 Å². The number of aromatic nitrogens is 1. The molecule has 1 heterocycles. The van der Waals surface area contributed by atoms with Gasteiger partial charge in [0.2, 0.25) is 0 Å². The Morgan fingerprint density at radius 1 is 1.19 bits per heavy atom. The highest BCUT2D eigenvalue weighted by molar-refractivity contribution is 6.31. The van der Waals surface area contributed by atoms with Crippen LogP contribution in [-0.2, 0) is 13.0 Å². The minimum absolute atomic E-state index is 0.630. The molecule has 1 aromatic carbocycles. The maximum atomic E-state index is 6.28. The van der Waals surface area contributed by atoms with Crippen LogP contribution in [0, 0.1) is 0 Å². The number of ether oxygens (including phenoxy) is 1. The van der Waals surface area contributed by atoms with Gasteiger partial charge >= 0.3 is 0 Å². The Morgan fingerprint density at radius 2 is 2.00 bits per heavy atom. The highest BCUT2D eigenvalue weighted by Crippen LogP contribution is 2.26. The number of rotatable bonds is 8. The number of hydrogen-bond donors (Lipinski definition) is 1. The van der Waals surface area contributed by atoms with Crippen molar-refractivity contribution in [2.24, 2.45) is 0 Å². The topological polar surface area (TPSA) is 34.1 Å². The molecular weight excluding hydrogens is 284 g/mol. The molecule has 0 aliphatic rings. The maximum absolute atomic E-state index is 6.28. The van der Waals surface area contributed by atoms with E-state index in [1.54, 1.807) is 12.4 Å². The van der Waals surface area contributed by atoms with E-state index >= 15 is 0 Å². The Labute approximate surface area is 131 Å². The molecule has 0 bridgehead atoms. The molecule has 4 heteroatoms. The fraction of sp³-hybridized carbons (Fsp3) is 0.353. The van der Waals surface area contributed by atoms with Crippen LogP contribution in [0.25, 0.3) is 0 Å². The van der Waals surface area contributed by atoms with E-state index in [1.165, 1.54) is 5.56 Å². The van der Waals surface area contributed by atoms with Crippen LogP contribution >= 0.6 is 11.6 Å². The zero-order valence-corrected chi connectivity index (χ0v) is 13.1. The van der Waals surface area contributed by atoms with E-state index in [9.17, 15) is 0 Å². The zero-order chi connectivity index (χ0) is 14.9. The first-order valence-electron chi connectivity index (χ1n) is 7.31. The second kappa shape index (κ2) is 8.65. The largest absolute Gasteiger partial charge is 0.493 e. The summed E-state index contributed by atoms with van der Waals surface area (Å²) in [6, 6.07) is 9.81. The molecule has 1 aromatic heterocycles. The summed E-state index contributed by atoms with van der Waals surface area (Å²) in [6.45, 7) is 4.48. The molecule has 0 amide bonds. The number of hydrogen-bond acceptors (Lipinski definition) is 3. The second-order valence-electron chi connectivity index (χ2n) is 4.85. The summed E-state index contributed by atoms with van der Waals surface area (Å²) >= 11 is 6.28. The molecule has 21 heavy (non-hydrogen) atoms. The van der Waals surface area contributed by atoms with Crippen molar-refractivity contribution in [1.29, 1.82) is 0 Å². The molecule has 0 spiro atoms. The van der Waals surface area contributed by atoms with E-state index in [0.717, 1.165) is 42.3 Å². The fourth-order valence-electron chi connectivity index (χ4n) is 2.06. The molecule has 0 saturated carbocycles. The van der Waals surface area contributed by atoms with Crippen molar-refractivity contribution < 1.29 is 4.74 Å². The Kier molecular flexibility index (Phi) is 6.51. The first-order valence-corrected chi connectivity index (χ1v) is 7.69. The third kappa shape index (κ3) is 5.03. The summed E-state index contributed by atoms with van der Waals surface area (Å²) < 4.78 is 5.91. The van der Waals surface area contributed by atoms with Gasteiger partial charge in [-0.05, 0) is 42.8 Å². The standard InChI is InChI=1S/C17H21ClN2O/c1-2-9-20-13-15-16(18)4-3-5-17(15)21-12-8-14-6-10-19-11-7-14/h3-7,10-11,20H,2,8-9,12-13H2,1H3. The van der Waals surface area contributed by atoms with Crippen LogP contribution in [-0.4, -0.2) is 18.1 Å². The number of pyridine rings is 1. The first-order chi connectivity index (χ1) is 10.3. The second-order valence-corrected chi connectivity index (χ2v) is 5.25. The molecule has 3 nitrogen and oxygen atoms in total. The Bertz CT molecular complexity index is 546. The first kappa shape index (κ1) is 15.8. The van der Waals surface area contributed by atoms with Gasteiger partial charge < -0.3 is 10.1 Å². The van der Waals surface area contributed by atoms with E-state index < -0.39 is 0 Å². The van der Waals surface area contributed by atoms with Gasteiger partial charge in [0.1, 0.15) is 5.75 Å². The van der Waals surface area contributed by atoms with Crippen LogP contribution < -0.4 is 10.1 Å². The average molecular weight is 305 g/mol. The third-order valence-corrected chi connectivity index (χ3v) is 3.56. The molecule has 1 N–H and O–H groups in total. The molecular formula is C17H21ClN2O. The number of nitrogens with zero attached hydrogens (tertiary/aromatic N) is 1. The lowest BCUT2D eigenvalue weighted by molar-refractivity contribution is 0.317. The quantitative estimate of drug-likeness (QED) is 0.752. The monoisotopic (exact) mass is 304 g/mol. The van der Waals surface area contributed by atoms with Crippen LogP contribution in [0.2, 0.25) is 5.02 Å². The fourth-order valence-corrected chi connectivity index (χ4v) is 2.30. The lowest BCUT2D eigenvalue weighted by atomic mass is 10.2. The summed E-state index contributed by atoms with van der Waals surface area (Å²) in [6.07, 6.45) is 5.56. The number of nitrogens with one attached hydrogen (secondary N) is 1. The average Bonchev–Trinajstić information content (AvgIpc) is 2.51. The minimum Gasteiger partial charge on any atom is -0.493 e. The molecule has 0 atom stereocenters. The van der Waals surface area contributed by atoms with Gasteiger partial charge in [0.15, 0.2) is 0 Å². The third-order valence-electron chi connectivity index (χ3n) is 3.20. The molecule has 0 saturated heterocycles. The minimum atomic E-state index is 0.630. The SMILES string of the molecule is CCCNCc1c(Cl)cccc1OCCc1ccncc1. The van der Waals surface area contributed by atoms with Gasteiger partial charge in [0.05, 0.1) is 6.61 Å². The zero-order valence-electron chi connectivity index (χ0n) is 12.3. The van der Waals surface area contributed by atoms with Gasteiger partial charge in [-0.3, -0.25) is 4.98 Å². The summed E-state index contributed by atoms with van der Waals surface area (Å²) in [5.74, 6) is 0.861. The van der Waals surface area contributed by atoms with Gasteiger partial charge in [-0.2, -0.15) is 0 Å². The Morgan fingerprint density at radius 3 is 2.76 bits per heavy atom. The summed E-state index contributed by atoms with van der Waals surface area (Å²) in [5.41, 5.74) is 2.25. The predicted octanol–water partition coefficient (Wildman–Crippen LogP) is 3.86. The van der Waals surface area contributed by atoms with Crippen molar-refractivity contribution in [3.8, 4) is 5.75 Å². The van der Waals surface area contributed by atoms with Gasteiger partial charge in [0.25, 0.3) is 0 Å². The lowest BCUT2D eigenvalue weighted by Crippen LogP contribution is -2.15. The number of benzene rings is 1. The maximum Gasteiger partial charge on any atom is 0.125 e. The van der Waals surface area contributed by atoms with E-state index in [4.69, 9.17) is 16.3 Å². The summed E-state index contributed by atoms with van der Waals surface area (Å²) in [7, 11) is 0. The molecule has 0 radical (unpaired) electrons. The molecule has 0 fully saturated rings. The molecule has 0 unspecified atom stereocenters. The highest BCUT2D eigenvalue weighted by atomic mass is 35.5. The van der Waals surface area contributed by atoms with E-state index in [1.807, 2.05) is 30.3 Å². The van der Waals surface area contributed by atoms with Crippen molar-refractivity contribution in [3.05, 3.63) is 58.9 Å². The number of halogens is 1. The van der Waals surface area contributed by atoms with Crippen molar-refractivity contribution >= 4 is 11.6 Å². The Balaban J connectivity index is 1.94. The van der Waals surface area contributed by atoms with Gasteiger partial charge in [-0.1, -0.05) is 24.6 Å². The van der Waals surface area contributed by atoms with Crippen molar-refractivity contribution in [3.63, 3.8) is 0 Å². The molecule has 0 aliphatic carbocycles. The summed E-state index contributed by atoms with van der Waals surface area (Å²) in [4.78, 5) is 4.01. The van der Waals surface area contributed by atoms with Gasteiger partial charge in [-0.25, -0.2) is 0 Å². The predicted molar refractivity (Wildman–Crippen MR) is 86.9 cm³/mol. The molecule has 0 aliphatic heterocycles. The normalized spacial score (nSPS) is 10.6. The van der Waals surface area contributed by atoms with Crippen LogP contribution in [0.3, 0.4) is 0 Å². The molecule has 112 valence electrons. The highest BCUT2D eigenvalue weighted by Gasteiger charge is 2.07. The van der Waals surface area contributed by atoms with E-state index in [2.05, 4.69) is 17.2 Å².